The zero-order chi connectivity index (χ0) is 17.3. The summed E-state index contributed by atoms with van der Waals surface area (Å²) in [5.74, 6) is 0.968. The third kappa shape index (κ3) is 3.16. The summed E-state index contributed by atoms with van der Waals surface area (Å²) in [4.78, 5) is 12.0. The van der Waals surface area contributed by atoms with E-state index in [0.717, 1.165) is 6.42 Å². The molecule has 4 rings (SSSR count). The Morgan fingerprint density at radius 1 is 1.28 bits per heavy atom. The Morgan fingerprint density at radius 3 is 3.00 bits per heavy atom. The van der Waals surface area contributed by atoms with Gasteiger partial charge in [0, 0.05) is 12.0 Å². The molecule has 2 amide bonds. The first kappa shape index (κ1) is 16.2. The number of fused-ring (bicyclic) bond motifs is 2. The van der Waals surface area contributed by atoms with Gasteiger partial charge in [0.25, 0.3) is 0 Å². The van der Waals surface area contributed by atoms with Gasteiger partial charge in [0.1, 0.15) is 11.9 Å². The number of aryl methyl sites for hydroxylation is 1. The lowest BCUT2D eigenvalue weighted by Crippen LogP contribution is -2.39. The molecular weight excluding hydrogens is 316 g/mol. The van der Waals surface area contributed by atoms with Crippen LogP contribution in [0.2, 0.25) is 0 Å². The maximum atomic E-state index is 12.0. The summed E-state index contributed by atoms with van der Waals surface area (Å²) in [6, 6.07) is 11.9. The topological polar surface area (TPSA) is 74.5 Å². The lowest BCUT2D eigenvalue weighted by molar-refractivity contribution is 0.148. The maximum absolute atomic E-state index is 12.0. The Kier molecular flexibility index (Phi) is 4.25. The predicted octanol–water partition coefficient (Wildman–Crippen LogP) is 2.91. The molecule has 3 unspecified atom stereocenters. The molecule has 0 aliphatic heterocycles. The number of hydrogen-bond acceptors (Lipinski definition) is 3. The fourth-order valence-corrected chi connectivity index (χ4v) is 4.29. The number of amides is 2. The molecule has 1 saturated carbocycles. The van der Waals surface area contributed by atoms with Crippen LogP contribution in [0.1, 0.15) is 42.3 Å². The van der Waals surface area contributed by atoms with Crippen molar-refractivity contribution in [2.75, 3.05) is 13.1 Å². The van der Waals surface area contributed by atoms with E-state index in [1.165, 1.54) is 36.7 Å². The van der Waals surface area contributed by atoms with Crippen LogP contribution in [-0.4, -0.2) is 24.2 Å². The summed E-state index contributed by atoms with van der Waals surface area (Å²) in [5.41, 5.74) is 3.24. The van der Waals surface area contributed by atoms with E-state index in [1.54, 1.807) is 12.1 Å². The maximum Gasteiger partial charge on any atom is 0.314 e. The number of nitrogens with one attached hydrogen (secondary N) is 2. The molecule has 0 bridgehead atoms. The summed E-state index contributed by atoms with van der Waals surface area (Å²) in [5, 5.41) is 15.6. The third-order valence-electron chi connectivity index (χ3n) is 5.69. The van der Waals surface area contributed by atoms with E-state index in [0.29, 0.717) is 18.2 Å². The van der Waals surface area contributed by atoms with Gasteiger partial charge in [-0.1, -0.05) is 24.3 Å². The van der Waals surface area contributed by atoms with Gasteiger partial charge in [-0.25, -0.2) is 4.79 Å². The lowest BCUT2D eigenvalue weighted by Gasteiger charge is -2.26. The van der Waals surface area contributed by atoms with E-state index in [2.05, 4.69) is 34.9 Å². The van der Waals surface area contributed by atoms with Gasteiger partial charge in [0.15, 0.2) is 0 Å². The standard InChI is InChI=1S/C20H24N2O3/c23-17(18-8-4-10-25-18)13-22-19(24)21-12-15-11-20(15)9-3-6-14-5-1-2-7-16(14)20/h1-2,4-5,7-8,10,15,17,23H,3,6,9,11-13H2,(H2,21,22,24). The van der Waals surface area contributed by atoms with Crippen LogP contribution in [0.5, 0.6) is 0 Å². The molecule has 2 aliphatic rings. The molecule has 2 aliphatic carbocycles. The van der Waals surface area contributed by atoms with Crippen LogP contribution in [0.15, 0.2) is 47.1 Å². The van der Waals surface area contributed by atoms with Gasteiger partial charge in [-0.2, -0.15) is 0 Å². The smallest absolute Gasteiger partial charge is 0.314 e. The van der Waals surface area contributed by atoms with E-state index in [-0.39, 0.29) is 18.0 Å². The zero-order valence-corrected chi connectivity index (χ0v) is 14.2. The number of aliphatic hydroxyl groups is 1. The summed E-state index contributed by atoms with van der Waals surface area (Å²) < 4.78 is 5.12. The van der Waals surface area contributed by atoms with Crippen LogP contribution in [0.4, 0.5) is 4.79 Å². The Labute approximate surface area is 147 Å². The Bertz CT molecular complexity index is 743. The van der Waals surface area contributed by atoms with E-state index >= 15 is 0 Å². The SMILES string of the molecule is O=C(NCC(O)c1ccco1)NCC1CC12CCCc1ccccc12. The normalized spacial score (nSPS) is 25.2. The van der Waals surface area contributed by atoms with Crippen molar-refractivity contribution in [2.45, 2.75) is 37.2 Å². The highest BCUT2D eigenvalue weighted by Crippen LogP contribution is 2.59. The monoisotopic (exact) mass is 340 g/mol. The number of benzene rings is 1. The molecule has 25 heavy (non-hydrogen) atoms. The van der Waals surface area contributed by atoms with Crippen molar-refractivity contribution < 1.29 is 14.3 Å². The van der Waals surface area contributed by atoms with Gasteiger partial charge >= 0.3 is 6.03 Å². The number of rotatable bonds is 5. The van der Waals surface area contributed by atoms with Gasteiger partial charge in [-0.3, -0.25) is 0 Å². The average Bonchev–Trinajstić information content (AvgIpc) is 3.06. The number of carbonyl (C=O) groups is 1. The Hall–Kier alpha value is -2.27. The molecule has 1 fully saturated rings. The molecular formula is C20H24N2O3. The first-order chi connectivity index (χ1) is 12.2. The minimum absolute atomic E-state index is 0.137. The van der Waals surface area contributed by atoms with Crippen LogP contribution in [0, 0.1) is 5.92 Å². The van der Waals surface area contributed by atoms with Crippen molar-refractivity contribution in [3.8, 4) is 0 Å². The third-order valence-corrected chi connectivity index (χ3v) is 5.69. The molecule has 0 saturated heterocycles. The molecule has 1 aromatic heterocycles. The van der Waals surface area contributed by atoms with Gasteiger partial charge in [0.05, 0.1) is 12.8 Å². The zero-order valence-electron chi connectivity index (χ0n) is 14.2. The summed E-state index contributed by atoms with van der Waals surface area (Å²) in [7, 11) is 0. The number of aliphatic hydroxyl groups excluding tert-OH is 1. The highest BCUT2D eigenvalue weighted by atomic mass is 16.4. The second-order valence-electron chi connectivity index (χ2n) is 7.19. The quantitative estimate of drug-likeness (QED) is 0.783. The molecule has 132 valence electrons. The van der Waals surface area contributed by atoms with E-state index in [1.807, 2.05) is 0 Å². The van der Waals surface area contributed by atoms with Crippen molar-refractivity contribution in [1.82, 2.24) is 10.6 Å². The first-order valence-corrected chi connectivity index (χ1v) is 9.00. The second-order valence-corrected chi connectivity index (χ2v) is 7.19. The highest BCUT2D eigenvalue weighted by Gasteiger charge is 2.56. The molecule has 3 atom stereocenters. The van der Waals surface area contributed by atoms with Gasteiger partial charge in [-0.15, -0.1) is 0 Å². The lowest BCUT2D eigenvalue weighted by atomic mass is 9.78. The predicted molar refractivity (Wildman–Crippen MR) is 94.2 cm³/mol. The minimum Gasteiger partial charge on any atom is -0.467 e. The van der Waals surface area contributed by atoms with Crippen LogP contribution in [0.3, 0.4) is 0 Å². The van der Waals surface area contributed by atoms with Crippen molar-refractivity contribution in [3.05, 3.63) is 59.5 Å². The number of carbonyl (C=O) groups excluding carboxylic acids is 1. The Morgan fingerprint density at radius 2 is 2.16 bits per heavy atom. The molecule has 1 heterocycles. The number of urea groups is 1. The van der Waals surface area contributed by atoms with Gasteiger partial charge in [0.2, 0.25) is 0 Å². The molecule has 3 N–H and O–H groups in total. The van der Waals surface area contributed by atoms with E-state index in [4.69, 9.17) is 4.42 Å². The molecule has 1 aromatic carbocycles. The molecule has 1 spiro atoms. The molecule has 5 heteroatoms. The Balaban J connectivity index is 1.27. The van der Waals surface area contributed by atoms with Gasteiger partial charge < -0.3 is 20.2 Å². The fraction of sp³-hybridized carbons (Fsp3) is 0.450. The van der Waals surface area contributed by atoms with E-state index < -0.39 is 6.10 Å². The largest absolute Gasteiger partial charge is 0.467 e. The van der Waals surface area contributed by atoms with E-state index in [9.17, 15) is 9.90 Å². The van der Waals surface area contributed by atoms with Crippen LogP contribution >= 0.6 is 0 Å². The fourth-order valence-electron chi connectivity index (χ4n) is 4.29. The van der Waals surface area contributed by atoms with Crippen molar-refractivity contribution in [1.29, 1.82) is 0 Å². The van der Waals surface area contributed by atoms with Crippen LogP contribution < -0.4 is 10.6 Å². The van der Waals surface area contributed by atoms with Gasteiger partial charge in [-0.05, 0) is 54.9 Å². The first-order valence-electron chi connectivity index (χ1n) is 9.00. The minimum atomic E-state index is -0.821. The van der Waals surface area contributed by atoms with Crippen LogP contribution in [0.25, 0.3) is 0 Å². The molecule has 2 aromatic rings. The highest BCUT2D eigenvalue weighted by molar-refractivity contribution is 5.74. The molecule has 5 nitrogen and oxygen atoms in total. The van der Waals surface area contributed by atoms with Crippen molar-refractivity contribution in [2.24, 2.45) is 5.92 Å². The summed E-state index contributed by atoms with van der Waals surface area (Å²) in [6.45, 7) is 0.814. The second kappa shape index (κ2) is 6.56. The number of hydrogen-bond donors (Lipinski definition) is 3. The summed E-state index contributed by atoms with van der Waals surface area (Å²) >= 11 is 0. The summed E-state index contributed by atoms with van der Waals surface area (Å²) in [6.07, 6.45) is 5.46. The van der Waals surface area contributed by atoms with Crippen molar-refractivity contribution in [3.63, 3.8) is 0 Å². The number of furan rings is 1. The molecule has 0 radical (unpaired) electrons. The van der Waals surface area contributed by atoms with Crippen LogP contribution in [-0.2, 0) is 11.8 Å². The van der Waals surface area contributed by atoms with Crippen molar-refractivity contribution >= 4 is 6.03 Å². The average molecular weight is 340 g/mol.